The second-order valence-corrected chi connectivity index (χ2v) is 5.02. The summed E-state index contributed by atoms with van der Waals surface area (Å²) in [5, 5.41) is 10.7. The quantitative estimate of drug-likeness (QED) is 0.455. The number of nitro groups is 1. The van der Waals surface area contributed by atoms with Crippen molar-refractivity contribution in [3.63, 3.8) is 0 Å². The third-order valence-electron chi connectivity index (χ3n) is 3.53. The molecule has 0 spiro atoms. The van der Waals surface area contributed by atoms with Gasteiger partial charge in [0.1, 0.15) is 23.6 Å². The minimum Gasteiger partial charge on any atom is -0.492 e. The molecule has 0 amide bonds. The minimum absolute atomic E-state index is 0.0698. The number of nitrogen functional groups attached to an aromatic ring is 1. The molecule has 6 nitrogen and oxygen atoms in total. The zero-order chi connectivity index (χ0) is 20.3. The molecule has 2 N–H and O–H groups in total. The number of hydrogen-bond donors (Lipinski definition) is 1. The number of alkyl halides is 3. The van der Waals surface area contributed by atoms with Gasteiger partial charge < -0.3 is 10.5 Å². The van der Waals surface area contributed by atoms with Crippen LogP contribution in [-0.4, -0.2) is 36.1 Å². The Labute approximate surface area is 152 Å². The molecule has 0 atom stereocenters. The first kappa shape index (κ1) is 24.0. The second-order valence-electron chi connectivity index (χ2n) is 5.02. The highest BCUT2D eigenvalue weighted by atomic mass is 19.4. The fraction of sp³-hybridized carbons (Fsp3) is 0.647. The summed E-state index contributed by atoms with van der Waals surface area (Å²) in [6.45, 7) is 10.4. The molecule has 0 radical (unpaired) electrons. The van der Waals surface area contributed by atoms with Crippen LogP contribution in [0.15, 0.2) is 12.1 Å². The van der Waals surface area contributed by atoms with Gasteiger partial charge in [-0.25, -0.2) is 0 Å². The van der Waals surface area contributed by atoms with Crippen molar-refractivity contribution in [3.05, 3.63) is 27.8 Å². The van der Waals surface area contributed by atoms with E-state index in [4.69, 9.17) is 10.5 Å². The van der Waals surface area contributed by atoms with Crippen molar-refractivity contribution in [2.45, 2.75) is 46.7 Å². The molecule has 1 aliphatic heterocycles. The summed E-state index contributed by atoms with van der Waals surface area (Å²) in [6.07, 6.45) is -2.68. The van der Waals surface area contributed by atoms with Crippen LogP contribution in [0.5, 0.6) is 5.75 Å². The lowest BCUT2D eigenvalue weighted by Crippen LogP contribution is -2.25. The lowest BCUT2D eigenvalue weighted by atomic mass is 10.1. The van der Waals surface area contributed by atoms with Crippen molar-refractivity contribution in [2.75, 3.05) is 32.0 Å². The Bertz CT molecular complexity index is 560. The van der Waals surface area contributed by atoms with Gasteiger partial charge in [-0.2, -0.15) is 13.2 Å². The van der Waals surface area contributed by atoms with E-state index in [1.807, 2.05) is 27.7 Å². The first-order chi connectivity index (χ1) is 12.3. The van der Waals surface area contributed by atoms with Gasteiger partial charge in [0, 0.05) is 12.6 Å². The van der Waals surface area contributed by atoms with E-state index >= 15 is 0 Å². The summed E-state index contributed by atoms with van der Waals surface area (Å²) in [5.74, 6) is -0.477. The maximum absolute atomic E-state index is 13.1. The van der Waals surface area contributed by atoms with Crippen molar-refractivity contribution in [3.8, 4) is 5.75 Å². The average molecular weight is 379 g/mol. The molecule has 0 bridgehead atoms. The third-order valence-corrected chi connectivity index (χ3v) is 3.53. The van der Waals surface area contributed by atoms with Crippen LogP contribution in [0.2, 0.25) is 0 Å². The maximum atomic E-state index is 13.1. The first-order valence-electron chi connectivity index (χ1n) is 8.80. The van der Waals surface area contributed by atoms with Gasteiger partial charge >= 0.3 is 6.18 Å². The summed E-state index contributed by atoms with van der Waals surface area (Å²) < 4.78 is 44.4. The summed E-state index contributed by atoms with van der Waals surface area (Å²) in [5.41, 5.74) is 2.33. The van der Waals surface area contributed by atoms with Gasteiger partial charge in [-0.3, -0.25) is 15.0 Å². The number of anilines is 1. The van der Waals surface area contributed by atoms with Gasteiger partial charge in [0.25, 0.3) is 5.69 Å². The van der Waals surface area contributed by atoms with Crippen molar-refractivity contribution in [2.24, 2.45) is 0 Å². The Morgan fingerprint density at radius 2 is 1.73 bits per heavy atom. The van der Waals surface area contributed by atoms with Gasteiger partial charge in [-0.05, 0) is 32.0 Å². The van der Waals surface area contributed by atoms with Crippen molar-refractivity contribution in [1.29, 1.82) is 0 Å². The van der Waals surface area contributed by atoms with Gasteiger partial charge in [0.05, 0.1) is 4.92 Å². The number of likely N-dealkylation sites (tertiary alicyclic amines) is 1. The first-order valence-corrected chi connectivity index (χ1v) is 8.80. The van der Waals surface area contributed by atoms with Crippen LogP contribution in [-0.2, 0) is 6.18 Å². The topological polar surface area (TPSA) is 81.6 Å². The lowest BCUT2D eigenvalue weighted by Gasteiger charge is -2.18. The molecule has 1 heterocycles. The van der Waals surface area contributed by atoms with Crippen LogP contribution in [0.1, 0.15) is 46.1 Å². The largest absolute Gasteiger partial charge is 0.492 e. The Kier molecular flexibility index (Phi) is 10.7. The molecular formula is C17H28F3N3O3. The zero-order valence-corrected chi connectivity index (χ0v) is 15.7. The molecule has 9 heteroatoms. The van der Waals surface area contributed by atoms with Gasteiger partial charge in [-0.15, -0.1) is 0 Å². The van der Waals surface area contributed by atoms with E-state index in [1.165, 1.54) is 0 Å². The monoisotopic (exact) mass is 379 g/mol. The average Bonchev–Trinajstić information content (AvgIpc) is 3.10. The van der Waals surface area contributed by atoms with Crippen molar-refractivity contribution >= 4 is 11.4 Å². The van der Waals surface area contributed by atoms with E-state index in [9.17, 15) is 23.3 Å². The van der Waals surface area contributed by atoms with Gasteiger partial charge in [0.2, 0.25) is 0 Å². The normalized spacial score (nSPS) is 14.0. The predicted octanol–water partition coefficient (Wildman–Crippen LogP) is 4.72. The molecule has 150 valence electrons. The SMILES string of the molecule is CC.CC.Nc1c([N+](=O)[O-])ccc(OCCN2CCCC2)c1C(F)(F)F. The summed E-state index contributed by atoms with van der Waals surface area (Å²) >= 11 is 0. The molecule has 0 aliphatic carbocycles. The predicted molar refractivity (Wildman–Crippen MR) is 96.4 cm³/mol. The van der Waals surface area contributed by atoms with E-state index < -0.39 is 33.8 Å². The molecule has 1 aliphatic rings. The Hall–Kier alpha value is -2.03. The highest BCUT2D eigenvalue weighted by Crippen LogP contribution is 2.43. The number of hydrogen-bond acceptors (Lipinski definition) is 5. The lowest BCUT2D eigenvalue weighted by molar-refractivity contribution is -0.384. The minimum atomic E-state index is -4.82. The zero-order valence-electron chi connectivity index (χ0n) is 15.7. The van der Waals surface area contributed by atoms with Gasteiger partial charge in [-0.1, -0.05) is 27.7 Å². The number of halogens is 3. The van der Waals surface area contributed by atoms with E-state index in [1.54, 1.807) is 0 Å². The number of rotatable bonds is 5. The standard InChI is InChI=1S/C13H16F3N3O3.2C2H6/c14-13(15,16)11-10(4-3-9(12(11)17)19(20)21)22-8-7-18-5-1-2-6-18;2*1-2/h3-4H,1-2,5-8,17H2;2*1-2H3. The Morgan fingerprint density at radius 1 is 1.19 bits per heavy atom. The van der Waals surface area contributed by atoms with E-state index in [2.05, 4.69) is 4.90 Å². The van der Waals surface area contributed by atoms with E-state index in [-0.39, 0.29) is 6.61 Å². The highest BCUT2D eigenvalue weighted by molar-refractivity contribution is 5.68. The molecule has 0 aromatic heterocycles. The molecule has 0 unspecified atom stereocenters. The number of benzene rings is 1. The maximum Gasteiger partial charge on any atom is 0.422 e. The van der Waals surface area contributed by atoms with Crippen LogP contribution in [0, 0.1) is 10.1 Å². The molecule has 1 saturated heterocycles. The van der Waals surface area contributed by atoms with Crippen LogP contribution in [0.25, 0.3) is 0 Å². The molecule has 1 aromatic rings. The van der Waals surface area contributed by atoms with Crippen LogP contribution in [0.3, 0.4) is 0 Å². The van der Waals surface area contributed by atoms with E-state index in [0.717, 1.165) is 38.1 Å². The Balaban J connectivity index is 0.00000146. The number of ether oxygens (including phenoxy) is 1. The van der Waals surface area contributed by atoms with Crippen molar-refractivity contribution < 1.29 is 22.8 Å². The fourth-order valence-electron chi connectivity index (χ4n) is 2.45. The van der Waals surface area contributed by atoms with Crippen molar-refractivity contribution in [1.82, 2.24) is 4.90 Å². The fourth-order valence-corrected chi connectivity index (χ4v) is 2.45. The molecule has 1 fully saturated rings. The smallest absolute Gasteiger partial charge is 0.422 e. The number of nitrogens with two attached hydrogens (primary N) is 1. The highest BCUT2D eigenvalue weighted by Gasteiger charge is 2.40. The van der Waals surface area contributed by atoms with Crippen LogP contribution >= 0.6 is 0 Å². The molecule has 2 rings (SSSR count). The summed E-state index contributed by atoms with van der Waals surface area (Å²) in [7, 11) is 0. The second kappa shape index (κ2) is 11.6. The molecule has 26 heavy (non-hydrogen) atoms. The third kappa shape index (κ3) is 6.70. The molecular weight excluding hydrogens is 351 g/mol. The molecule has 1 aromatic carbocycles. The molecule has 0 saturated carbocycles. The van der Waals surface area contributed by atoms with Crippen LogP contribution < -0.4 is 10.5 Å². The summed E-state index contributed by atoms with van der Waals surface area (Å²) in [4.78, 5) is 11.9. The number of nitro benzene ring substituents is 1. The number of nitrogens with zero attached hydrogens (tertiary/aromatic N) is 2. The van der Waals surface area contributed by atoms with Gasteiger partial charge in [0.15, 0.2) is 0 Å². The van der Waals surface area contributed by atoms with Crippen LogP contribution in [0.4, 0.5) is 24.5 Å². The Morgan fingerprint density at radius 3 is 2.19 bits per heavy atom. The van der Waals surface area contributed by atoms with E-state index in [0.29, 0.717) is 6.54 Å². The summed E-state index contributed by atoms with van der Waals surface area (Å²) in [6, 6.07) is 1.87.